The summed E-state index contributed by atoms with van der Waals surface area (Å²) in [6, 6.07) is 16.4. The van der Waals surface area contributed by atoms with Gasteiger partial charge in [-0.25, -0.2) is 0 Å². The fourth-order valence-corrected chi connectivity index (χ4v) is 2.34. The molecular weight excluding hydrogens is 356 g/mol. The Labute approximate surface area is 166 Å². The maximum atomic E-state index is 12.0. The molecule has 0 heterocycles. The fraction of sp³-hybridized carbons (Fsp3) is 0.364. The lowest BCUT2D eigenvalue weighted by atomic mass is 10.2. The summed E-state index contributed by atoms with van der Waals surface area (Å²) in [5, 5.41) is 5.46. The lowest BCUT2D eigenvalue weighted by Crippen LogP contribution is -2.48. The average Bonchev–Trinajstić information content (AvgIpc) is 2.72. The zero-order chi connectivity index (χ0) is 20.4. The van der Waals surface area contributed by atoms with Crippen molar-refractivity contribution in [1.82, 2.24) is 10.6 Å². The van der Waals surface area contributed by atoms with Crippen molar-refractivity contribution < 1.29 is 19.1 Å². The van der Waals surface area contributed by atoms with Crippen LogP contribution in [0.5, 0.6) is 11.5 Å². The highest BCUT2D eigenvalue weighted by atomic mass is 16.5. The van der Waals surface area contributed by atoms with Gasteiger partial charge in [-0.1, -0.05) is 37.3 Å². The van der Waals surface area contributed by atoms with Crippen molar-refractivity contribution in [2.45, 2.75) is 45.9 Å². The minimum absolute atomic E-state index is 0.0747. The first-order chi connectivity index (χ1) is 13.5. The summed E-state index contributed by atoms with van der Waals surface area (Å²) in [6.07, 6.45) is 0.834. The van der Waals surface area contributed by atoms with Gasteiger partial charge in [0.2, 0.25) is 5.91 Å². The number of hydrogen-bond donors (Lipinski definition) is 2. The molecule has 150 valence electrons. The van der Waals surface area contributed by atoms with E-state index in [9.17, 15) is 9.59 Å². The minimum Gasteiger partial charge on any atom is -0.489 e. The first kappa shape index (κ1) is 21.3. The van der Waals surface area contributed by atoms with E-state index in [1.165, 1.54) is 0 Å². The Bertz CT molecular complexity index is 747. The predicted molar refractivity (Wildman–Crippen MR) is 108 cm³/mol. The van der Waals surface area contributed by atoms with Gasteiger partial charge in [0.15, 0.2) is 6.61 Å². The highest BCUT2D eigenvalue weighted by Gasteiger charge is 2.17. The van der Waals surface area contributed by atoms with E-state index in [1.54, 1.807) is 31.2 Å². The smallest absolute Gasteiger partial charge is 0.258 e. The number of carbonyl (C=O) groups is 2. The van der Waals surface area contributed by atoms with Gasteiger partial charge in [-0.05, 0) is 50.1 Å². The highest BCUT2D eigenvalue weighted by Crippen LogP contribution is 2.18. The van der Waals surface area contributed by atoms with Crippen LogP contribution in [0.1, 0.15) is 32.8 Å². The summed E-state index contributed by atoms with van der Waals surface area (Å²) in [5.74, 6) is 0.716. The molecule has 6 heteroatoms. The summed E-state index contributed by atoms with van der Waals surface area (Å²) in [5.41, 5.74) is 1.09. The third kappa shape index (κ3) is 7.31. The Kier molecular flexibility index (Phi) is 8.34. The second-order valence-electron chi connectivity index (χ2n) is 6.64. The summed E-state index contributed by atoms with van der Waals surface area (Å²) in [4.78, 5) is 23.9. The van der Waals surface area contributed by atoms with Crippen LogP contribution < -0.4 is 20.1 Å². The van der Waals surface area contributed by atoms with Gasteiger partial charge in [0.1, 0.15) is 24.1 Å². The SMILES string of the molecule is CCC(C)NC(=O)C(C)NC(=O)COc1ccc(OCc2ccccc2)cc1. The molecule has 2 rings (SSSR count). The van der Waals surface area contributed by atoms with Crippen LogP contribution in [-0.4, -0.2) is 30.5 Å². The lowest BCUT2D eigenvalue weighted by Gasteiger charge is -2.17. The minimum atomic E-state index is -0.612. The molecule has 0 aromatic heterocycles. The third-order valence-corrected chi connectivity index (χ3v) is 4.21. The van der Waals surface area contributed by atoms with Crippen molar-refractivity contribution in [3.63, 3.8) is 0 Å². The molecular formula is C22H28N2O4. The molecule has 2 amide bonds. The predicted octanol–water partition coefficient (Wildman–Crippen LogP) is 3.06. The number of hydrogen-bond acceptors (Lipinski definition) is 4. The second-order valence-corrected chi connectivity index (χ2v) is 6.64. The molecule has 6 nitrogen and oxygen atoms in total. The number of nitrogens with one attached hydrogen (secondary N) is 2. The van der Waals surface area contributed by atoms with Crippen LogP contribution in [0.2, 0.25) is 0 Å². The normalized spacial score (nSPS) is 12.5. The Hall–Kier alpha value is -3.02. The topological polar surface area (TPSA) is 76.7 Å². The lowest BCUT2D eigenvalue weighted by molar-refractivity contribution is -0.129. The van der Waals surface area contributed by atoms with E-state index >= 15 is 0 Å². The summed E-state index contributed by atoms with van der Waals surface area (Å²) < 4.78 is 11.2. The van der Waals surface area contributed by atoms with E-state index in [0.29, 0.717) is 12.4 Å². The quantitative estimate of drug-likeness (QED) is 0.660. The Morgan fingerprint density at radius 3 is 2.11 bits per heavy atom. The van der Waals surface area contributed by atoms with Crippen LogP contribution in [0.15, 0.2) is 54.6 Å². The number of amides is 2. The summed E-state index contributed by atoms with van der Waals surface area (Å²) >= 11 is 0. The van der Waals surface area contributed by atoms with Crippen molar-refractivity contribution in [3.8, 4) is 11.5 Å². The maximum absolute atomic E-state index is 12.0. The molecule has 2 aromatic carbocycles. The number of carbonyl (C=O) groups excluding carboxylic acids is 2. The van der Waals surface area contributed by atoms with Gasteiger partial charge < -0.3 is 20.1 Å². The van der Waals surface area contributed by atoms with E-state index < -0.39 is 6.04 Å². The van der Waals surface area contributed by atoms with Crippen LogP contribution in [0.3, 0.4) is 0 Å². The number of benzene rings is 2. The van der Waals surface area contributed by atoms with Gasteiger partial charge in [0, 0.05) is 6.04 Å². The number of rotatable bonds is 10. The molecule has 0 saturated carbocycles. The van der Waals surface area contributed by atoms with E-state index in [1.807, 2.05) is 44.2 Å². The van der Waals surface area contributed by atoms with Crippen LogP contribution in [0, 0.1) is 0 Å². The van der Waals surface area contributed by atoms with Gasteiger partial charge >= 0.3 is 0 Å². The van der Waals surface area contributed by atoms with Crippen LogP contribution in [0.4, 0.5) is 0 Å². The zero-order valence-corrected chi connectivity index (χ0v) is 16.6. The molecule has 0 aliphatic heterocycles. The molecule has 2 unspecified atom stereocenters. The van der Waals surface area contributed by atoms with Crippen LogP contribution in [0.25, 0.3) is 0 Å². The first-order valence-corrected chi connectivity index (χ1v) is 9.47. The standard InChI is InChI=1S/C22H28N2O4/c1-4-16(2)23-22(26)17(3)24-21(25)15-28-20-12-10-19(11-13-20)27-14-18-8-6-5-7-9-18/h5-13,16-17H,4,14-15H2,1-3H3,(H,23,26)(H,24,25). The average molecular weight is 384 g/mol. The molecule has 28 heavy (non-hydrogen) atoms. The first-order valence-electron chi connectivity index (χ1n) is 9.47. The molecule has 0 bridgehead atoms. The third-order valence-electron chi connectivity index (χ3n) is 4.21. The van der Waals surface area contributed by atoms with Crippen LogP contribution >= 0.6 is 0 Å². The monoisotopic (exact) mass is 384 g/mol. The number of ether oxygens (including phenoxy) is 2. The molecule has 2 N–H and O–H groups in total. The van der Waals surface area contributed by atoms with Crippen molar-refractivity contribution in [3.05, 3.63) is 60.2 Å². The summed E-state index contributed by atoms with van der Waals surface area (Å²) in [6.45, 7) is 5.88. The van der Waals surface area contributed by atoms with Gasteiger partial charge in [-0.3, -0.25) is 9.59 Å². The van der Waals surface area contributed by atoms with Gasteiger partial charge in [-0.15, -0.1) is 0 Å². The molecule has 0 aliphatic rings. The van der Waals surface area contributed by atoms with Gasteiger partial charge in [-0.2, -0.15) is 0 Å². The molecule has 0 saturated heterocycles. The van der Waals surface area contributed by atoms with Crippen molar-refractivity contribution >= 4 is 11.8 Å². The molecule has 2 aromatic rings. The Morgan fingerprint density at radius 2 is 1.50 bits per heavy atom. The Balaban J connectivity index is 1.73. The zero-order valence-electron chi connectivity index (χ0n) is 16.6. The maximum Gasteiger partial charge on any atom is 0.258 e. The second kappa shape index (κ2) is 11.0. The van der Waals surface area contributed by atoms with Crippen molar-refractivity contribution in [2.75, 3.05) is 6.61 Å². The molecule has 0 aliphatic carbocycles. The van der Waals surface area contributed by atoms with Gasteiger partial charge in [0.25, 0.3) is 5.91 Å². The van der Waals surface area contributed by atoms with Crippen molar-refractivity contribution in [1.29, 1.82) is 0 Å². The fourth-order valence-electron chi connectivity index (χ4n) is 2.34. The van der Waals surface area contributed by atoms with Gasteiger partial charge in [0.05, 0.1) is 0 Å². The molecule has 0 spiro atoms. The summed E-state index contributed by atoms with van der Waals surface area (Å²) in [7, 11) is 0. The van der Waals surface area contributed by atoms with E-state index in [4.69, 9.17) is 9.47 Å². The van der Waals surface area contributed by atoms with E-state index in [2.05, 4.69) is 10.6 Å². The van der Waals surface area contributed by atoms with E-state index in [0.717, 1.165) is 17.7 Å². The Morgan fingerprint density at radius 1 is 0.893 bits per heavy atom. The largest absolute Gasteiger partial charge is 0.489 e. The molecule has 2 atom stereocenters. The van der Waals surface area contributed by atoms with Crippen molar-refractivity contribution in [2.24, 2.45) is 0 Å². The van der Waals surface area contributed by atoms with E-state index in [-0.39, 0.29) is 24.5 Å². The molecule has 0 radical (unpaired) electrons. The van der Waals surface area contributed by atoms with Crippen LogP contribution in [-0.2, 0) is 16.2 Å². The highest BCUT2D eigenvalue weighted by molar-refractivity contribution is 5.87. The molecule has 0 fully saturated rings.